The second kappa shape index (κ2) is 7.56. The first-order chi connectivity index (χ1) is 13.1. The highest BCUT2D eigenvalue weighted by Crippen LogP contribution is 2.25. The minimum absolute atomic E-state index is 0.0232. The van der Waals surface area contributed by atoms with Crippen LogP contribution in [-0.4, -0.2) is 29.3 Å². The van der Waals surface area contributed by atoms with Crippen LogP contribution in [0.25, 0.3) is 11.0 Å². The van der Waals surface area contributed by atoms with Crippen molar-refractivity contribution in [3.8, 4) is 0 Å². The lowest BCUT2D eigenvalue weighted by Crippen LogP contribution is -2.46. The number of amides is 2. The van der Waals surface area contributed by atoms with E-state index in [4.69, 9.17) is 4.42 Å². The molecule has 1 aromatic carbocycles. The van der Waals surface area contributed by atoms with Crippen molar-refractivity contribution in [2.45, 2.75) is 38.8 Å². The van der Waals surface area contributed by atoms with E-state index in [1.54, 1.807) is 16.2 Å². The third kappa shape index (κ3) is 3.62. The number of carbonyl (C=O) groups is 2. The zero-order valence-corrected chi connectivity index (χ0v) is 16.1. The van der Waals surface area contributed by atoms with Crippen LogP contribution in [0.3, 0.4) is 0 Å². The van der Waals surface area contributed by atoms with Gasteiger partial charge in [-0.3, -0.25) is 9.59 Å². The number of hydrogen-bond donors (Lipinski definition) is 1. The molecular formula is C21H22N2O3S. The number of aryl methyl sites for hydroxylation is 1. The molecule has 1 saturated heterocycles. The fraction of sp³-hybridized carbons (Fsp3) is 0.333. The van der Waals surface area contributed by atoms with Crippen molar-refractivity contribution < 1.29 is 14.0 Å². The van der Waals surface area contributed by atoms with E-state index in [0.29, 0.717) is 25.9 Å². The van der Waals surface area contributed by atoms with Gasteiger partial charge in [-0.15, -0.1) is 11.3 Å². The van der Waals surface area contributed by atoms with Crippen LogP contribution >= 0.6 is 11.3 Å². The van der Waals surface area contributed by atoms with Crippen LogP contribution < -0.4 is 5.32 Å². The van der Waals surface area contributed by atoms with Gasteiger partial charge in [0.25, 0.3) is 0 Å². The van der Waals surface area contributed by atoms with Gasteiger partial charge in [-0.2, -0.15) is 0 Å². The largest absolute Gasteiger partial charge is 0.459 e. The van der Waals surface area contributed by atoms with Crippen molar-refractivity contribution >= 4 is 34.1 Å². The number of para-hydroxylation sites is 1. The molecule has 6 heteroatoms. The number of nitrogens with one attached hydrogen (secondary N) is 1. The smallest absolute Gasteiger partial charge is 0.243 e. The SMILES string of the molecule is Cc1c(CNC(=O)C2CCCN2C(=O)Cc2cccs2)oc2ccccc12. The molecule has 4 rings (SSSR count). The predicted octanol–water partition coefficient (Wildman–Crippen LogP) is 3.65. The number of thiophene rings is 1. The second-order valence-electron chi connectivity index (χ2n) is 6.87. The Morgan fingerprint density at radius 2 is 2.11 bits per heavy atom. The summed E-state index contributed by atoms with van der Waals surface area (Å²) in [6, 6.07) is 11.4. The summed E-state index contributed by atoms with van der Waals surface area (Å²) in [6.07, 6.45) is 1.93. The van der Waals surface area contributed by atoms with Crippen molar-refractivity contribution in [3.63, 3.8) is 0 Å². The van der Waals surface area contributed by atoms with E-state index in [-0.39, 0.29) is 17.9 Å². The summed E-state index contributed by atoms with van der Waals surface area (Å²) in [5.74, 6) is 0.681. The molecule has 1 atom stereocenters. The maximum Gasteiger partial charge on any atom is 0.243 e. The van der Waals surface area contributed by atoms with E-state index in [9.17, 15) is 9.59 Å². The highest BCUT2D eigenvalue weighted by atomic mass is 32.1. The fourth-order valence-electron chi connectivity index (χ4n) is 3.68. The number of rotatable bonds is 5. The molecule has 0 spiro atoms. The molecule has 5 nitrogen and oxygen atoms in total. The Hall–Kier alpha value is -2.60. The van der Waals surface area contributed by atoms with Gasteiger partial charge in [0.2, 0.25) is 11.8 Å². The third-order valence-electron chi connectivity index (χ3n) is 5.15. The number of benzene rings is 1. The van der Waals surface area contributed by atoms with Crippen LogP contribution in [0.4, 0.5) is 0 Å². The highest BCUT2D eigenvalue weighted by Gasteiger charge is 2.34. The van der Waals surface area contributed by atoms with E-state index in [2.05, 4.69) is 5.32 Å². The van der Waals surface area contributed by atoms with Gasteiger partial charge in [0.15, 0.2) is 0 Å². The van der Waals surface area contributed by atoms with E-state index in [1.807, 2.05) is 48.7 Å². The van der Waals surface area contributed by atoms with E-state index in [1.165, 1.54) is 0 Å². The average molecular weight is 382 g/mol. The van der Waals surface area contributed by atoms with Gasteiger partial charge in [-0.1, -0.05) is 24.3 Å². The first kappa shape index (κ1) is 17.8. The maximum absolute atomic E-state index is 12.7. The molecule has 0 saturated carbocycles. The Morgan fingerprint density at radius 1 is 1.26 bits per heavy atom. The summed E-state index contributed by atoms with van der Waals surface area (Å²) < 4.78 is 5.86. The molecule has 140 valence electrons. The van der Waals surface area contributed by atoms with Crippen LogP contribution in [-0.2, 0) is 22.6 Å². The van der Waals surface area contributed by atoms with E-state index < -0.39 is 0 Å². The van der Waals surface area contributed by atoms with Gasteiger partial charge in [-0.25, -0.2) is 0 Å². The van der Waals surface area contributed by atoms with Gasteiger partial charge in [0.05, 0.1) is 13.0 Å². The molecule has 2 amide bonds. The first-order valence-electron chi connectivity index (χ1n) is 9.20. The lowest BCUT2D eigenvalue weighted by molar-refractivity contribution is -0.138. The summed E-state index contributed by atoms with van der Waals surface area (Å²) in [4.78, 5) is 28.1. The van der Waals surface area contributed by atoms with Gasteiger partial charge < -0.3 is 14.6 Å². The van der Waals surface area contributed by atoms with Crippen LogP contribution in [0.5, 0.6) is 0 Å². The van der Waals surface area contributed by atoms with Crippen molar-refractivity contribution in [2.24, 2.45) is 0 Å². The standard InChI is InChI=1S/C21H22N2O3S/c1-14-16-7-2-3-9-18(16)26-19(14)13-22-21(25)17-8-4-10-23(17)20(24)12-15-6-5-11-27-15/h2-3,5-7,9,11,17H,4,8,10,12-13H2,1H3,(H,22,25). The molecule has 2 aromatic heterocycles. The average Bonchev–Trinajstić information content (AvgIpc) is 3.40. The molecule has 1 aliphatic rings. The number of furan rings is 1. The summed E-state index contributed by atoms with van der Waals surface area (Å²) in [7, 11) is 0. The first-order valence-corrected chi connectivity index (χ1v) is 10.1. The number of nitrogens with zero attached hydrogens (tertiary/aromatic N) is 1. The Kier molecular flexibility index (Phi) is 4.99. The lowest BCUT2D eigenvalue weighted by Gasteiger charge is -2.23. The van der Waals surface area contributed by atoms with Crippen molar-refractivity contribution in [1.82, 2.24) is 10.2 Å². The molecule has 0 bridgehead atoms. The molecule has 1 fully saturated rings. The van der Waals surface area contributed by atoms with Crippen molar-refractivity contribution in [1.29, 1.82) is 0 Å². The lowest BCUT2D eigenvalue weighted by atomic mass is 10.1. The number of likely N-dealkylation sites (tertiary alicyclic amines) is 1. The number of fused-ring (bicyclic) bond motifs is 1. The number of hydrogen-bond acceptors (Lipinski definition) is 4. The molecule has 0 aliphatic carbocycles. The summed E-state index contributed by atoms with van der Waals surface area (Å²) in [6.45, 7) is 2.98. The zero-order valence-electron chi connectivity index (χ0n) is 15.2. The van der Waals surface area contributed by atoms with Crippen LogP contribution in [0, 0.1) is 6.92 Å². The quantitative estimate of drug-likeness (QED) is 0.733. The minimum atomic E-state index is -0.387. The second-order valence-corrected chi connectivity index (χ2v) is 7.90. The molecule has 27 heavy (non-hydrogen) atoms. The fourth-order valence-corrected chi connectivity index (χ4v) is 4.38. The molecule has 1 aliphatic heterocycles. The van der Waals surface area contributed by atoms with Crippen LogP contribution in [0.1, 0.15) is 29.0 Å². The monoisotopic (exact) mass is 382 g/mol. The van der Waals surface area contributed by atoms with Crippen molar-refractivity contribution in [2.75, 3.05) is 6.54 Å². The van der Waals surface area contributed by atoms with Crippen molar-refractivity contribution in [3.05, 3.63) is 58.0 Å². The topological polar surface area (TPSA) is 62.6 Å². The molecule has 1 N–H and O–H groups in total. The third-order valence-corrected chi connectivity index (χ3v) is 6.02. The Labute approximate surface area is 162 Å². The van der Waals surface area contributed by atoms with Crippen LogP contribution in [0.15, 0.2) is 46.2 Å². The van der Waals surface area contributed by atoms with Gasteiger partial charge in [0, 0.05) is 22.4 Å². The molecule has 3 aromatic rings. The maximum atomic E-state index is 12.7. The summed E-state index contributed by atoms with van der Waals surface area (Å²) in [5.41, 5.74) is 1.87. The molecular weight excluding hydrogens is 360 g/mol. The summed E-state index contributed by atoms with van der Waals surface area (Å²) in [5, 5.41) is 5.99. The zero-order chi connectivity index (χ0) is 18.8. The van der Waals surface area contributed by atoms with E-state index >= 15 is 0 Å². The normalized spacial score (nSPS) is 16.8. The summed E-state index contributed by atoms with van der Waals surface area (Å²) >= 11 is 1.57. The predicted molar refractivity (Wildman–Crippen MR) is 106 cm³/mol. The van der Waals surface area contributed by atoms with Gasteiger partial charge >= 0.3 is 0 Å². The van der Waals surface area contributed by atoms with Gasteiger partial charge in [0.1, 0.15) is 17.4 Å². The van der Waals surface area contributed by atoms with Gasteiger partial charge in [-0.05, 0) is 37.3 Å². The Morgan fingerprint density at radius 3 is 2.89 bits per heavy atom. The van der Waals surface area contributed by atoms with E-state index in [0.717, 1.165) is 33.6 Å². The molecule has 1 unspecified atom stereocenters. The Bertz CT molecular complexity index is 961. The van der Waals surface area contributed by atoms with Crippen LogP contribution in [0.2, 0.25) is 0 Å². The number of carbonyl (C=O) groups excluding carboxylic acids is 2. The minimum Gasteiger partial charge on any atom is -0.459 e. The highest BCUT2D eigenvalue weighted by molar-refractivity contribution is 7.10. The Balaban J connectivity index is 1.40. The molecule has 0 radical (unpaired) electrons. The molecule has 3 heterocycles.